The van der Waals surface area contributed by atoms with Crippen LogP contribution >= 0.6 is 11.8 Å². The molecule has 152 valence electrons. The number of carbonyl (C=O) groups excluding carboxylic acids is 1. The fourth-order valence-corrected chi connectivity index (χ4v) is 4.68. The topological polar surface area (TPSA) is 60.1 Å². The second kappa shape index (κ2) is 8.86. The first-order valence-corrected chi connectivity index (χ1v) is 10.8. The molecule has 1 aromatic carbocycles. The molecule has 1 fully saturated rings. The predicted molar refractivity (Wildman–Crippen MR) is 110 cm³/mol. The summed E-state index contributed by atoms with van der Waals surface area (Å²) < 4.78 is 21.1. The Hall–Kier alpha value is -2.54. The summed E-state index contributed by atoms with van der Waals surface area (Å²) in [6.07, 6.45) is 8.09. The fourth-order valence-electron chi connectivity index (χ4n) is 3.85. The number of thioether (sulfide) groups is 1. The molecule has 2 heterocycles. The van der Waals surface area contributed by atoms with Crippen LogP contribution in [-0.2, 0) is 12.8 Å². The molecule has 4 rings (SSSR count). The first-order chi connectivity index (χ1) is 14.1. The van der Waals surface area contributed by atoms with Crippen LogP contribution in [0.5, 0.6) is 0 Å². The lowest BCUT2D eigenvalue weighted by molar-refractivity contribution is 0.0892. The van der Waals surface area contributed by atoms with Crippen molar-refractivity contribution in [3.8, 4) is 0 Å². The van der Waals surface area contributed by atoms with Crippen LogP contribution in [0.1, 0.15) is 53.6 Å². The first kappa shape index (κ1) is 19.8. The average Bonchev–Trinajstić information content (AvgIpc) is 3.47. The Morgan fingerprint density at radius 3 is 2.72 bits per heavy atom. The van der Waals surface area contributed by atoms with Gasteiger partial charge in [0.15, 0.2) is 10.9 Å². The molecule has 0 spiro atoms. The van der Waals surface area contributed by atoms with Gasteiger partial charge in [0.2, 0.25) is 0 Å². The molecule has 1 aliphatic rings. The van der Waals surface area contributed by atoms with E-state index in [1.165, 1.54) is 12.1 Å². The molecule has 3 aromatic rings. The van der Waals surface area contributed by atoms with E-state index in [4.69, 9.17) is 4.42 Å². The number of aromatic nitrogens is 2. The maximum atomic E-state index is 13.3. The molecule has 2 aromatic heterocycles. The van der Waals surface area contributed by atoms with E-state index >= 15 is 0 Å². The van der Waals surface area contributed by atoms with E-state index < -0.39 is 0 Å². The van der Waals surface area contributed by atoms with E-state index in [-0.39, 0.29) is 17.8 Å². The molecule has 1 aliphatic carbocycles. The normalized spacial score (nSPS) is 15.5. The van der Waals surface area contributed by atoms with E-state index in [0.717, 1.165) is 42.2 Å². The SMILES string of the molecule is Cn1ccnc1SCc1ccc(C(=O)NC(c2ccc(F)cc2)C2CCCC2)o1. The Labute approximate surface area is 173 Å². The Balaban J connectivity index is 1.44. The summed E-state index contributed by atoms with van der Waals surface area (Å²) in [6.45, 7) is 0. The first-order valence-electron chi connectivity index (χ1n) is 9.85. The van der Waals surface area contributed by atoms with E-state index in [0.29, 0.717) is 17.4 Å². The summed E-state index contributed by atoms with van der Waals surface area (Å²) in [7, 11) is 1.94. The van der Waals surface area contributed by atoms with Gasteiger partial charge >= 0.3 is 0 Å². The number of nitrogens with one attached hydrogen (secondary N) is 1. The third kappa shape index (κ3) is 4.72. The molecule has 0 aliphatic heterocycles. The number of rotatable bonds is 7. The molecule has 1 saturated carbocycles. The molecule has 0 saturated heterocycles. The van der Waals surface area contributed by atoms with Crippen molar-refractivity contribution in [2.45, 2.75) is 42.6 Å². The van der Waals surface area contributed by atoms with Crippen molar-refractivity contribution >= 4 is 17.7 Å². The summed E-state index contributed by atoms with van der Waals surface area (Å²) in [5, 5.41) is 4.02. The molecule has 7 heteroatoms. The second-order valence-corrected chi connectivity index (χ2v) is 8.37. The molecule has 29 heavy (non-hydrogen) atoms. The summed E-state index contributed by atoms with van der Waals surface area (Å²) in [6, 6.07) is 9.81. The Bertz CT molecular complexity index is 961. The summed E-state index contributed by atoms with van der Waals surface area (Å²) in [4.78, 5) is 17.1. The monoisotopic (exact) mass is 413 g/mol. The van der Waals surface area contributed by atoms with E-state index in [2.05, 4.69) is 10.3 Å². The van der Waals surface area contributed by atoms with Gasteiger partial charge in [-0.15, -0.1) is 0 Å². The number of hydrogen-bond acceptors (Lipinski definition) is 4. The van der Waals surface area contributed by atoms with Crippen LogP contribution in [0.4, 0.5) is 4.39 Å². The van der Waals surface area contributed by atoms with Gasteiger partial charge in [0.25, 0.3) is 5.91 Å². The van der Waals surface area contributed by atoms with Gasteiger partial charge in [-0.05, 0) is 48.6 Å². The third-order valence-corrected chi connectivity index (χ3v) is 6.47. The Morgan fingerprint density at radius 1 is 1.28 bits per heavy atom. The molecule has 1 amide bonds. The minimum atomic E-state index is -0.272. The van der Waals surface area contributed by atoms with E-state index in [9.17, 15) is 9.18 Å². The average molecular weight is 414 g/mol. The van der Waals surface area contributed by atoms with Gasteiger partial charge in [-0.25, -0.2) is 9.37 Å². The van der Waals surface area contributed by atoms with Crippen LogP contribution < -0.4 is 5.32 Å². The fraction of sp³-hybridized carbons (Fsp3) is 0.364. The second-order valence-electron chi connectivity index (χ2n) is 7.42. The highest BCUT2D eigenvalue weighted by atomic mass is 32.2. The standard InChI is InChI=1S/C22H24FN3O2S/c1-26-13-12-24-22(26)29-14-18-10-11-19(28-18)21(27)25-20(15-4-2-3-5-15)16-6-8-17(23)9-7-16/h6-13,15,20H,2-5,14H2,1H3,(H,25,27). The largest absolute Gasteiger partial charge is 0.455 e. The number of furan rings is 1. The molecule has 0 bridgehead atoms. The van der Waals surface area contributed by atoms with Gasteiger partial charge in [-0.2, -0.15) is 0 Å². The Morgan fingerprint density at radius 2 is 2.03 bits per heavy atom. The number of carbonyl (C=O) groups is 1. The number of imidazole rings is 1. The van der Waals surface area contributed by atoms with Gasteiger partial charge in [0.05, 0.1) is 11.8 Å². The maximum absolute atomic E-state index is 13.3. The van der Waals surface area contributed by atoms with E-state index in [1.54, 1.807) is 36.2 Å². The lowest BCUT2D eigenvalue weighted by Crippen LogP contribution is -2.32. The highest BCUT2D eigenvalue weighted by Gasteiger charge is 2.28. The van der Waals surface area contributed by atoms with Crippen LogP contribution in [-0.4, -0.2) is 15.5 Å². The number of aryl methyl sites for hydroxylation is 1. The van der Waals surface area contributed by atoms with Crippen molar-refractivity contribution in [2.24, 2.45) is 13.0 Å². The van der Waals surface area contributed by atoms with Crippen molar-refractivity contribution in [1.82, 2.24) is 14.9 Å². The van der Waals surface area contributed by atoms with E-state index in [1.807, 2.05) is 23.9 Å². The zero-order chi connectivity index (χ0) is 20.2. The smallest absolute Gasteiger partial charge is 0.287 e. The van der Waals surface area contributed by atoms with Crippen molar-refractivity contribution in [3.05, 3.63) is 71.7 Å². The molecular formula is C22H24FN3O2S. The molecule has 1 N–H and O–H groups in total. The van der Waals surface area contributed by atoms with Crippen LogP contribution in [0.2, 0.25) is 0 Å². The molecular weight excluding hydrogens is 389 g/mol. The molecule has 5 nitrogen and oxygen atoms in total. The predicted octanol–water partition coefficient (Wildman–Crippen LogP) is 5.11. The van der Waals surface area contributed by atoms with Crippen molar-refractivity contribution in [1.29, 1.82) is 0 Å². The number of amides is 1. The van der Waals surface area contributed by atoms with Crippen molar-refractivity contribution in [3.63, 3.8) is 0 Å². The minimum absolute atomic E-state index is 0.138. The highest BCUT2D eigenvalue weighted by Crippen LogP contribution is 2.36. The van der Waals surface area contributed by atoms with Gasteiger partial charge in [0.1, 0.15) is 11.6 Å². The summed E-state index contributed by atoms with van der Waals surface area (Å²) in [5.74, 6) is 1.47. The quantitative estimate of drug-likeness (QED) is 0.547. The highest BCUT2D eigenvalue weighted by molar-refractivity contribution is 7.98. The lowest BCUT2D eigenvalue weighted by Gasteiger charge is -2.25. The Kier molecular flexibility index (Phi) is 6.04. The maximum Gasteiger partial charge on any atom is 0.287 e. The molecule has 1 unspecified atom stereocenters. The summed E-state index contributed by atoms with van der Waals surface area (Å²) in [5.41, 5.74) is 0.934. The number of hydrogen-bond donors (Lipinski definition) is 1. The number of halogens is 1. The third-order valence-electron chi connectivity index (χ3n) is 5.39. The van der Waals surface area contributed by atoms with Crippen LogP contribution in [0.15, 0.2) is 58.4 Å². The molecule has 0 radical (unpaired) electrons. The lowest BCUT2D eigenvalue weighted by atomic mass is 9.91. The van der Waals surface area contributed by atoms with Crippen LogP contribution in [0, 0.1) is 11.7 Å². The minimum Gasteiger partial charge on any atom is -0.455 e. The zero-order valence-electron chi connectivity index (χ0n) is 16.3. The van der Waals surface area contributed by atoms with Gasteiger partial charge < -0.3 is 14.3 Å². The van der Waals surface area contributed by atoms with Crippen molar-refractivity contribution in [2.75, 3.05) is 0 Å². The number of benzene rings is 1. The van der Waals surface area contributed by atoms with Crippen LogP contribution in [0.3, 0.4) is 0 Å². The van der Waals surface area contributed by atoms with Crippen LogP contribution in [0.25, 0.3) is 0 Å². The van der Waals surface area contributed by atoms with Gasteiger partial charge in [-0.1, -0.05) is 36.7 Å². The van der Waals surface area contributed by atoms with Gasteiger partial charge in [0, 0.05) is 19.4 Å². The van der Waals surface area contributed by atoms with Gasteiger partial charge in [-0.3, -0.25) is 4.79 Å². The number of nitrogens with zero attached hydrogens (tertiary/aromatic N) is 2. The zero-order valence-corrected chi connectivity index (χ0v) is 17.1. The van der Waals surface area contributed by atoms with Crippen molar-refractivity contribution < 1.29 is 13.6 Å². The summed E-state index contributed by atoms with van der Waals surface area (Å²) >= 11 is 1.56. The molecule has 1 atom stereocenters.